The topological polar surface area (TPSA) is 15.3 Å². The third-order valence-corrected chi connectivity index (χ3v) is 4.05. The molecule has 1 atom stereocenters. The quantitative estimate of drug-likeness (QED) is 0.765. The lowest BCUT2D eigenvalue weighted by molar-refractivity contribution is 0.166. The normalized spacial score (nSPS) is 29.8. The summed E-state index contributed by atoms with van der Waals surface area (Å²) < 4.78 is 0. The Balaban J connectivity index is 1.64. The minimum Gasteiger partial charge on any atom is -0.313 e. The number of nitrogens with one attached hydrogen (secondary N) is 1. The first kappa shape index (κ1) is 11.4. The van der Waals surface area contributed by atoms with Gasteiger partial charge in [0.1, 0.15) is 0 Å². The first-order valence-electron chi connectivity index (χ1n) is 6.84. The number of likely N-dealkylation sites (tertiary alicyclic amines) is 1. The van der Waals surface area contributed by atoms with Crippen LogP contribution in [0.3, 0.4) is 0 Å². The van der Waals surface area contributed by atoms with Crippen LogP contribution < -0.4 is 5.32 Å². The van der Waals surface area contributed by atoms with Crippen molar-refractivity contribution < 1.29 is 0 Å². The molecule has 2 fully saturated rings. The van der Waals surface area contributed by atoms with Gasteiger partial charge in [-0.1, -0.05) is 19.8 Å². The minimum atomic E-state index is 0.799. The number of hydrogen-bond acceptors (Lipinski definition) is 2. The van der Waals surface area contributed by atoms with Crippen LogP contribution in [0.2, 0.25) is 0 Å². The van der Waals surface area contributed by atoms with Gasteiger partial charge in [-0.05, 0) is 51.2 Å². The molecule has 0 aromatic carbocycles. The molecule has 88 valence electrons. The second-order valence-electron chi connectivity index (χ2n) is 5.33. The maximum Gasteiger partial charge on any atom is 0.0195 e. The zero-order valence-corrected chi connectivity index (χ0v) is 10.2. The highest BCUT2D eigenvalue weighted by molar-refractivity contribution is 4.80. The highest BCUT2D eigenvalue weighted by Crippen LogP contribution is 2.22. The zero-order valence-electron chi connectivity index (χ0n) is 10.2. The fourth-order valence-corrected chi connectivity index (χ4v) is 3.09. The average Bonchev–Trinajstić information content (AvgIpc) is 2.74. The van der Waals surface area contributed by atoms with Gasteiger partial charge in [0.15, 0.2) is 0 Å². The molecular formula is C13H26N2. The molecule has 0 unspecified atom stereocenters. The van der Waals surface area contributed by atoms with Crippen LogP contribution in [0, 0.1) is 5.92 Å². The van der Waals surface area contributed by atoms with E-state index in [0.717, 1.165) is 12.0 Å². The highest BCUT2D eigenvalue weighted by Gasteiger charge is 2.22. The SMILES string of the molecule is CCCC1CCN(C[C@@H]2CCCN2)CC1. The van der Waals surface area contributed by atoms with Crippen molar-refractivity contribution in [2.45, 2.75) is 51.5 Å². The Morgan fingerprint density at radius 3 is 2.60 bits per heavy atom. The summed E-state index contributed by atoms with van der Waals surface area (Å²) in [7, 11) is 0. The van der Waals surface area contributed by atoms with Crippen molar-refractivity contribution in [1.29, 1.82) is 0 Å². The van der Waals surface area contributed by atoms with Gasteiger partial charge in [-0.2, -0.15) is 0 Å². The molecule has 2 aliphatic heterocycles. The van der Waals surface area contributed by atoms with Gasteiger partial charge in [-0.25, -0.2) is 0 Å². The van der Waals surface area contributed by atoms with Crippen LogP contribution in [0.25, 0.3) is 0 Å². The van der Waals surface area contributed by atoms with Crippen LogP contribution in [0.1, 0.15) is 45.4 Å². The molecule has 2 saturated heterocycles. The minimum absolute atomic E-state index is 0.799. The van der Waals surface area contributed by atoms with E-state index in [1.165, 1.54) is 64.7 Å². The Morgan fingerprint density at radius 1 is 1.20 bits per heavy atom. The molecular weight excluding hydrogens is 184 g/mol. The van der Waals surface area contributed by atoms with E-state index in [1.807, 2.05) is 0 Å². The molecule has 0 aromatic heterocycles. The summed E-state index contributed by atoms with van der Waals surface area (Å²) in [5.74, 6) is 1.03. The number of nitrogens with zero attached hydrogens (tertiary/aromatic N) is 1. The zero-order chi connectivity index (χ0) is 10.5. The van der Waals surface area contributed by atoms with E-state index >= 15 is 0 Å². The predicted molar refractivity (Wildman–Crippen MR) is 65.1 cm³/mol. The van der Waals surface area contributed by atoms with Crippen LogP contribution in [-0.2, 0) is 0 Å². The highest BCUT2D eigenvalue weighted by atomic mass is 15.2. The number of rotatable bonds is 4. The summed E-state index contributed by atoms with van der Waals surface area (Å²) in [6.45, 7) is 7.57. The third-order valence-electron chi connectivity index (χ3n) is 4.05. The molecule has 2 rings (SSSR count). The summed E-state index contributed by atoms with van der Waals surface area (Å²) in [4.78, 5) is 2.68. The summed E-state index contributed by atoms with van der Waals surface area (Å²) in [5, 5.41) is 3.60. The lowest BCUT2D eigenvalue weighted by Gasteiger charge is -2.33. The van der Waals surface area contributed by atoms with Crippen molar-refractivity contribution in [3.8, 4) is 0 Å². The molecule has 0 aliphatic carbocycles. The molecule has 0 spiro atoms. The lowest BCUT2D eigenvalue weighted by Crippen LogP contribution is -2.41. The Kier molecular flexibility index (Phi) is 4.45. The smallest absolute Gasteiger partial charge is 0.0195 e. The summed E-state index contributed by atoms with van der Waals surface area (Å²) >= 11 is 0. The van der Waals surface area contributed by atoms with Crippen LogP contribution >= 0.6 is 0 Å². The van der Waals surface area contributed by atoms with Gasteiger partial charge < -0.3 is 10.2 Å². The monoisotopic (exact) mass is 210 g/mol. The Hall–Kier alpha value is -0.0800. The van der Waals surface area contributed by atoms with Crippen molar-refractivity contribution in [2.75, 3.05) is 26.2 Å². The van der Waals surface area contributed by atoms with E-state index in [4.69, 9.17) is 0 Å². The van der Waals surface area contributed by atoms with Crippen molar-refractivity contribution in [2.24, 2.45) is 5.92 Å². The Bertz CT molecular complexity index is 167. The van der Waals surface area contributed by atoms with Crippen LogP contribution in [-0.4, -0.2) is 37.1 Å². The summed E-state index contributed by atoms with van der Waals surface area (Å²) in [5.41, 5.74) is 0. The third kappa shape index (κ3) is 3.46. The number of hydrogen-bond donors (Lipinski definition) is 1. The maximum absolute atomic E-state index is 3.60. The standard InChI is InChI=1S/C13H26N2/c1-2-4-12-6-9-15(10-7-12)11-13-5-3-8-14-13/h12-14H,2-11H2,1H3/t13-/m0/s1. The van der Waals surface area contributed by atoms with Crippen molar-refractivity contribution in [3.05, 3.63) is 0 Å². The fraction of sp³-hybridized carbons (Fsp3) is 1.00. The maximum atomic E-state index is 3.60. The van der Waals surface area contributed by atoms with Gasteiger partial charge in [-0.15, -0.1) is 0 Å². The Morgan fingerprint density at radius 2 is 2.00 bits per heavy atom. The van der Waals surface area contributed by atoms with Gasteiger partial charge >= 0.3 is 0 Å². The molecule has 0 saturated carbocycles. The summed E-state index contributed by atoms with van der Waals surface area (Å²) in [6, 6.07) is 0.799. The molecule has 1 N–H and O–H groups in total. The molecule has 15 heavy (non-hydrogen) atoms. The van der Waals surface area contributed by atoms with Crippen molar-refractivity contribution in [3.63, 3.8) is 0 Å². The van der Waals surface area contributed by atoms with E-state index in [9.17, 15) is 0 Å². The van der Waals surface area contributed by atoms with E-state index in [0.29, 0.717) is 0 Å². The summed E-state index contributed by atoms with van der Waals surface area (Å²) in [6.07, 6.45) is 8.50. The van der Waals surface area contributed by atoms with Gasteiger partial charge in [-0.3, -0.25) is 0 Å². The molecule has 2 heterocycles. The van der Waals surface area contributed by atoms with Crippen molar-refractivity contribution in [1.82, 2.24) is 10.2 Å². The Labute approximate surface area is 94.4 Å². The predicted octanol–water partition coefficient (Wildman–Crippen LogP) is 2.25. The van der Waals surface area contributed by atoms with E-state index in [2.05, 4.69) is 17.1 Å². The van der Waals surface area contributed by atoms with Crippen molar-refractivity contribution >= 4 is 0 Å². The number of piperidine rings is 1. The van der Waals surface area contributed by atoms with Gasteiger partial charge in [0.05, 0.1) is 0 Å². The second kappa shape index (κ2) is 5.86. The van der Waals surface area contributed by atoms with E-state index in [-0.39, 0.29) is 0 Å². The first-order valence-corrected chi connectivity index (χ1v) is 6.84. The molecule has 0 bridgehead atoms. The molecule has 0 aromatic rings. The fourth-order valence-electron chi connectivity index (χ4n) is 3.09. The van der Waals surface area contributed by atoms with Crippen LogP contribution in [0.4, 0.5) is 0 Å². The molecule has 2 aliphatic rings. The average molecular weight is 210 g/mol. The van der Waals surface area contributed by atoms with Gasteiger partial charge in [0.25, 0.3) is 0 Å². The van der Waals surface area contributed by atoms with E-state index < -0.39 is 0 Å². The van der Waals surface area contributed by atoms with Crippen LogP contribution in [0.5, 0.6) is 0 Å². The first-order chi connectivity index (χ1) is 7.38. The lowest BCUT2D eigenvalue weighted by atomic mass is 9.92. The molecule has 2 nitrogen and oxygen atoms in total. The molecule has 0 amide bonds. The largest absolute Gasteiger partial charge is 0.313 e. The molecule has 0 radical (unpaired) electrons. The van der Waals surface area contributed by atoms with E-state index in [1.54, 1.807) is 0 Å². The molecule has 2 heteroatoms. The van der Waals surface area contributed by atoms with Crippen LogP contribution in [0.15, 0.2) is 0 Å². The second-order valence-corrected chi connectivity index (χ2v) is 5.33. The van der Waals surface area contributed by atoms with Gasteiger partial charge in [0, 0.05) is 12.6 Å². The van der Waals surface area contributed by atoms with Gasteiger partial charge in [0.2, 0.25) is 0 Å².